The summed E-state index contributed by atoms with van der Waals surface area (Å²) in [6.07, 6.45) is 0.348. The molecule has 0 aliphatic heterocycles. The minimum atomic E-state index is -0.380. The van der Waals surface area contributed by atoms with E-state index in [2.05, 4.69) is 5.43 Å². The van der Waals surface area contributed by atoms with E-state index >= 15 is 0 Å². The van der Waals surface area contributed by atoms with Gasteiger partial charge in [-0.3, -0.25) is 11.3 Å². The second-order valence-electron chi connectivity index (χ2n) is 4.32. The molecular weight excluding hydrogens is 397 g/mol. The molecule has 6 heteroatoms. The Bertz CT molecular complexity index is 622. The lowest BCUT2D eigenvalue weighted by molar-refractivity contribution is 0.525. The van der Waals surface area contributed by atoms with E-state index in [1.54, 1.807) is 18.2 Å². The van der Waals surface area contributed by atoms with Crippen molar-refractivity contribution in [2.75, 3.05) is 0 Å². The van der Waals surface area contributed by atoms with Gasteiger partial charge in [-0.1, -0.05) is 23.7 Å². The first-order chi connectivity index (χ1) is 9.51. The molecule has 0 heterocycles. The lowest BCUT2D eigenvalue weighted by Crippen LogP contribution is -2.30. The number of hydrogen-bond donors (Lipinski definition) is 2. The van der Waals surface area contributed by atoms with E-state index in [-0.39, 0.29) is 17.7 Å². The average molecular weight is 409 g/mol. The summed E-state index contributed by atoms with van der Waals surface area (Å²) in [5.74, 6) is 4.85. The SMILES string of the molecule is NNC(Cc1ccc(Cl)cc1F)c1ccc(F)cc1I. The van der Waals surface area contributed by atoms with E-state index in [4.69, 9.17) is 17.4 Å². The maximum absolute atomic E-state index is 13.8. The zero-order chi connectivity index (χ0) is 14.7. The first-order valence-corrected chi connectivity index (χ1v) is 7.32. The molecule has 0 aromatic heterocycles. The molecule has 2 nitrogen and oxygen atoms in total. The molecule has 1 unspecified atom stereocenters. The van der Waals surface area contributed by atoms with Gasteiger partial charge in [-0.05, 0) is 64.4 Å². The van der Waals surface area contributed by atoms with Gasteiger partial charge in [-0.25, -0.2) is 8.78 Å². The molecule has 2 aromatic rings. The van der Waals surface area contributed by atoms with Crippen LogP contribution in [0.15, 0.2) is 36.4 Å². The minimum absolute atomic E-state index is 0.307. The Morgan fingerprint density at radius 1 is 1.20 bits per heavy atom. The standard InChI is InChI=1S/C14H12ClF2IN2/c15-9-2-1-8(12(17)6-9)5-14(20-19)11-4-3-10(16)7-13(11)18/h1-4,6-7,14,20H,5,19H2. The van der Waals surface area contributed by atoms with Gasteiger partial charge in [0.05, 0.1) is 6.04 Å². The molecule has 1 atom stereocenters. The Morgan fingerprint density at radius 3 is 2.55 bits per heavy atom. The Hall–Kier alpha value is -0.760. The van der Waals surface area contributed by atoms with Gasteiger partial charge in [0.2, 0.25) is 0 Å². The van der Waals surface area contributed by atoms with Crippen molar-refractivity contribution >= 4 is 34.2 Å². The fraction of sp³-hybridized carbons (Fsp3) is 0.143. The van der Waals surface area contributed by atoms with Gasteiger partial charge in [0.25, 0.3) is 0 Å². The van der Waals surface area contributed by atoms with Gasteiger partial charge >= 0.3 is 0 Å². The van der Waals surface area contributed by atoms with Gasteiger partial charge in [-0.2, -0.15) is 0 Å². The van der Waals surface area contributed by atoms with E-state index in [1.165, 1.54) is 18.2 Å². The molecule has 0 saturated carbocycles. The third-order valence-corrected chi connectivity index (χ3v) is 4.15. The third kappa shape index (κ3) is 3.66. The maximum atomic E-state index is 13.8. The Kier molecular flexibility index (Phi) is 5.31. The van der Waals surface area contributed by atoms with E-state index < -0.39 is 0 Å². The number of rotatable bonds is 4. The van der Waals surface area contributed by atoms with Crippen molar-refractivity contribution in [1.29, 1.82) is 0 Å². The van der Waals surface area contributed by atoms with Gasteiger partial charge in [0.15, 0.2) is 0 Å². The Labute approximate surface area is 134 Å². The van der Waals surface area contributed by atoms with Crippen LogP contribution in [0.1, 0.15) is 17.2 Å². The van der Waals surface area contributed by atoms with Crippen molar-refractivity contribution in [2.24, 2.45) is 5.84 Å². The second-order valence-corrected chi connectivity index (χ2v) is 5.92. The molecule has 106 valence electrons. The zero-order valence-corrected chi connectivity index (χ0v) is 13.3. The molecule has 0 bridgehead atoms. The van der Waals surface area contributed by atoms with Gasteiger partial charge in [0, 0.05) is 8.59 Å². The fourth-order valence-electron chi connectivity index (χ4n) is 1.95. The number of benzene rings is 2. The van der Waals surface area contributed by atoms with Crippen LogP contribution in [0.2, 0.25) is 5.02 Å². The maximum Gasteiger partial charge on any atom is 0.127 e. The minimum Gasteiger partial charge on any atom is -0.271 e. The van der Waals surface area contributed by atoms with Crippen LogP contribution in [0.4, 0.5) is 8.78 Å². The lowest BCUT2D eigenvalue weighted by Gasteiger charge is -2.18. The summed E-state index contributed by atoms with van der Waals surface area (Å²) in [5.41, 5.74) is 3.96. The van der Waals surface area contributed by atoms with Crippen LogP contribution >= 0.6 is 34.2 Å². The summed E-state index contributed by atoms with van der Waals surface area (Å²) in [4.78, 5) is 0. The number of halogens is 4. The molecule has 0 aliphatic rings. The summed E-state index contributed by atoms with van der Waals surface area (Å²) in [6, 6.07) is 8.63. The first-order valence-electron chi connectivity index (χ1n) is 5.86. The van der Waals surface area contributed by atoms with Crippen LogP contribution in [0.5, 0.6) is 0 Å². The predicted molar refractivity (Wildman–Crippen MR) is 84.3 cm³/mol. The third-order valence-electron chi connectivity index (χ3n) is 2.98. The number of nitrogens with two attached hydrogens (primary N) is 1. The van der Waals surface area contributed by atoms with Crippen LogP contribution in [0.3, 0.4) is 0 Å². The Balaban J connectivity index is 2.28. The molecule has 0 fully saturated rings. The summed E-state index contributed by atoms with van der Waals surface area (Å²) >= 11 is 7.75. The summed E-state index contributed by atoms with van der Waals surface area (Å²) in [5, 5.41) is 0.347. The highest BCUT2D eigenvalue weighted by atomic mass is 127. The molecule has 0 spiro atoms. The molecule has 0 saturated heterocycles. The first kappa shape index (κ1) is 15.6. The summed E-state index contributed by atoms with van der Waals surface area (Å²) < 4.78 is 27.7. The quantitative estimate of drug-likeness (QED) is 0.456. The van der Waals surface area contributed by atoms with Crippen LogP contribution in [-0.4, -0.2) is 0 Å². The number of hydrazine groups is 1. The van der Waals surface area contributed by atoms with E-state index in [0.717, 1.165) is 9.13 Å². The number of nitrogens with one attached hydrogen (secondary N) is 1. The molecule has 0 aliphatic carbocycles. The second kappa shape index (κ2) is 6.80. The van der Waals surface area contributed by atoms with Crippen LogP contribution in [0, 0.1) is 15.2 Å². The molecular formula is C14H12ClF2IN2. The zero-order valence-electron chi connectivity index (χ0n) is 10.3. The normalized spacial score (nSPS) is 12.4. The van der Waals surface area contributed by atoms with Crippen molar-refractivity contribution in [2.45, 2.75) is 12.5 Å². The van der Waals surface area contributed by atoms with Crippen molar-refractivity contribution in [3.8, 4) is 0 Å². The van der Waals surface area contributed by atoms with E-state index in [0.29, 0.717) is 17.0 Å². The highest BCUT2D eigenvalue weighted by Crippen LogP contribution is 2.25. The predicted octanol–water partition coefficient (Wildman–Crippen LogP) is 3.97. The molecule has 2 rings (SSSR count). The average Bonchev–Trinajstić information content (AvgIpc) is 2.39. The Morgan fingerprint density at radius 2 is 1.95 bits per heavy atom. The van der Waals surface area contributed by atoms with Crippen LogP contribution in [0.25, 0.3) is 0 Å². The number of hydrogen-bond acceptors (Lipinski definition) is 2. The van der Waals surface area contributed by atoms with E-state index in [9.17, 15) is 8.78 Å². The smallest absolute Gasteiger partial charge is 0.127 e. The van der Waals surface area contributed by atoms with Crippen molar-refractivity contribution < 1.29 is 8.78 Å². The van der Waals surface area contributed by atoms with Crippen molar-refractivity contribution in [1.82, 2.24) is 5.43 Å². The highest BCUT2D eigenvalue weighted by Gasteiger charge is 2.16. The lowest BCUT2D eigenvalue weighted by atomic mass is 9.99. The molecule has 0 radical (unpaired) electrons. The van der Waals surface area contributed by atoms with Crippen molar-refractivity contribution in [3.63, 3.8) is 0 Å². The highest BCUT2D eigenvalue weighted by molar-refractivity contribution is 14.1. The van der Waals surface area contributed by atoms with Crippen molar-refractivity contribution in [3.05, 3.63) is 67.8 Å². The molecule has 20 heavy (non-hydrogen) atoms. The topological polar surface area (TPSA) is 38.0 Å². The summed E-state index contributed by atoms with van der Waals surface area (Å²) in [7, 11) is 0. The van der Waals surface area contributed by atoms with Gasteiger partial charge in [-0.15, -0.1) is 0 Å². The molecule has 2 aromatic carbocycles. The summed E-state index contributed by atoms with van der Waals surface area (Å²) in [6.45, 7) is 0. The largest absolute Gasteiger partial charge is 0.271 e. The van der Waals surface area contributed by atoms with Gasteiger partial charge < -0.3 is 0 Å². The van der Waals surface area contributed by atoms with Gasteiger partial charge in [0.1, 0.15) is 11.6 Å². The molecule has 0 amide bonds. The molecule has 3 N–H and O–H groups in total. The van der Waals surface area contributed by atoms with E-state index in [1.807, 2.05) is 22.6 Å². The monoisotopic (exact) mass is 408 g/mol. The fourth-order valence-corrected chi connectivity index (χ4v) is 2.96. The van der Waals surface area contributed by atoms with Crippen LogP contribution in [-0.2, 0) is 6.42 Å². The van der Waals surface area contributed by atoms with Crippen LogP contribution < -0.4 is 11.3 Å².